The summed E-state index contributed by atoms with van der Waals surface area (Å²) in [7, 11) is 0. The van der Waals surface area contributed by atoms with Crippen LogP contribution in [0.15, 0.2) is 24.3 Å². The van der Waals surface area contributed by atoms with Gasteiger partial charge in [-0.05, 0) is 58.2 Å². The molecule has 20 heavy (non-hydrogen) atoms. The average molecular weight is 271 g/mol. The van der Waals surface area contributed by atoms with Gasteiger partial charge in [0.15, 0.2) is 0 Å². The quantitative estimate of drug-likeness (QED) is 0.853. The van der Waals surface area contributed by atoms with E-state index >= 15 is 0 Å². The summed E-state index contributed by atoms with van der Waals surface area (Å²) in [5, 5.41) is 3.68. The molecular formula is C17H25N3. The molecule has 3 rings (SSSR count). The number of aromatic nitrogens is 2. The average Bonchev–Trinajstić information content (AvgIpc) is 2.78. The van der Waals surface area contributed by atoms with Crippen molar-refractivity contribution in [2.45, 2.75) is 52.1 Å². The van der Waals surface area contributed by atoms with E-state index in [4.69, 9.17) is 4.98 Å². The van der Waals surface area contributed by atoms with E-state index in [0.29, 0.717) is 12.0 Å². The van der Waals surface area contributed by atoms with Gasteiger partial charge in [0.05, 0.1) is 17.1 Å². The van der Waals surface area contributed by atoms with E-state index in [1.54, 1.807) is 0 Å². The van der Waals surface area contributed by atoms with Gasteiger partial charge in [0.1, 0.15) is 5.82 Å². The van der Waals surface area contributed by atoms with E-state index in [-0.39, 0.29) is 5.54 Å². The molecule has 0 aliphatic carbocycles. The predicted molar refractivity (Wildman–Crippen MR) is 83.9 cm³/mol. The van der Waals surface area contributed by atoms with E-state index < -0.39 is 0 Å². The van der Waals surface area contributed by atoms with Crippen LogP contribution in [0.4, 0.5) is 0 Å². The molecule has 0 bridgehead atoms. The second kappa shape index (κ2) is 4.88. The Labute approximate surface area is 121 Å². The topological polar surface area (TPSA) is 29.9 Å². The van der Waals surface area contributed by atoms with Crippen LogP contribution in [0.1, 0.15) is 52.4 Å². The second-order valence-electron chi connectivity index (χ2n) is 7.02. The van der Waals surface area contributed by atoms with Crippen LogP contribution < -0.4 is 5.32 Å². The molecule has 1 aliphatic rings. The molecule has 0 saturated carbocycles. The fourth-order valence-electron chi connectivity index (χ4n) is 3.35. The van der Waals surface area contributed by atoms with Gasteiger partial charge in [0.2, 0.25) is 0 Å². The smallest absolute Gasteiger partial charge is 0.127 e. The summed E-state index contributed by atoms with van der Waals surface area (Å²) < 4.78 is 2.42. The Morgan fingerprint density at radius 3 is 2.70 bits per heavy atom. The van der Waals surface area contributed by atoms with Gasteiger partial charge < -0.3 is 9.88 Å². The zero-order valence-electron chi connectivity index (χ0n) is 13.0. The lowest BCUT2D eigenvalue weighted by molar-refractivity contribution is 0.271. The lowest BCUT2D eigenvalue weighted by Crippen LogP contribution is -2.37. The molecule has 3 nitrogen and oxygen atoms in total. The molecule has 2 atom stereocenters. The molecule has 108 valence electrons. The highest BCUT2D eigenvalue weighted by atomic mass is 15.2. The van der Waals surface area contributed by atoms with Crippen LogP contribution in [0.3, 0.4) is 0 Å². The molecule has 1 aliphatic heterocycles. The molecule has 3 heteroatoms. The maximum atomic E-state index is 4.95. The Bertz CT molecular complexity index is 606. The summed E-state index contributed by atoms with van der Waals surface area (Å²) in [5.74, 6) is 1.84. The summed E-state index contributed by atoms with van der Waals surface area (Å²) >= 11 is 0. The first-order valence-corrected chi connectivity index (χ1v) is 7.70. The number of para-hydroxylation sites is 2. The van der Waals surface area contributed by atoms with Crippen LogP contribution in [0.2, 0.25) is 0 Å². The summed E-state index contributed by atoms with van der Waals surface area (Å²) in [4.78, 5) is 4.95. The first kappa shape index (κ1) is 13.6. The Morgan fingerprint density at radius 1 is 1.25 bits per heavy atom. The van der Waals surface area contributed by atoms with Gasteiger partial charge in [-0.1, -0.05) is 19.1 Å². The van der Waals surface area contributed by atoms with Gasteiger partial charge in [-0.15, -0.1) is 0 Å². The Hall–Kier alpha value is -1.35. The fraction of sp³-hybridized carbons (Fsp3) is 0.588. The molecule has 1 N–H and O–H groups in total. The van der Waals surface area contributed by atoms with E-state index in [1.165, 1.54) is 24.2 Å². The first-order valence-electron chi connectivity index (χ1n) is 7.70. The zero-order valence-corrected chi connectivity index (χ0v) is 13.0. The van der Waals surface area contributed by atoms with Crippen molar-refractivity contribution in [1.82, 2.24) is 14.9 Å². The molecular weight excluding hydrogens is 246 g/mol. The SMILES string of the molecule is CC1CCCNC1c1nc2ccccc2n1C(C)(C)C. The minimum Gasteiger partial charge on any atom is -0.321 e. The van der Waals surface area contributed by atoms with E-state index in [2.05, 4.69) is 61.8 Å². The monoisotopic (exact) mass is 271 g/mol. The van der Waals surface area contributed by atoms with Crippen LogP contribution in [0.25, 0.3) is 11.0 Å². The van der Waals surface area contributed by atoms with Crippen molar-refractivity contribution < 1.29 is 0 Å². The van der Waals surface area contributed by atoms with Crippen molar-refractivity contribution in [1.29, 1.82) is 0 Å². The molecule has 1 aromatic heterocycles. The maximum absolute atomic E-state index is 4.95. The third kappa shape index (κ3) is 2.24. The summed E-state index contributed by atoms with van der Waals surface area (Å²) in [6.45, 7) is 10.2. The van der Waals surface area contributed by atoms with Crippen molar-refractivity contribution in [2.75, 3.05) is 6.54 Å². The Kier molecular flexibility index (Phi) is 3.33. The zero-order chi connectivity index (χ0) is 14.3. The number of rotatable bonds is 1. The number of nitrogens with zero attached hydrogens (tertiary/aromatic N) is 2. The highest BCUT2D eigenvalue weighted by molar-refractivity contribution is 5.76. The van der Waals surface area contributed by atoms with E-state index in [0.717, 1.165) is 12.1 Å². The van der Waals surface area contributed by atoms with Gasteiger partial charge in [-0.2, -0.15) is 0 Å². The lowest BCUT2D eigenvalue weighted by Gasteiger charge is -2.33. The third-order valence-corrected chi connectivity index (χ3v) is 4.31. The van der Waals surface area contributed by atoms with Gasteiger partial charge in [0, 0.05) is 5.54 Å². The highest BCUT2D eigenvalue weighted by Crippen LogP contribution is 2.34. The third-order valence-electron chi connectivity index (χ3n) is 4.31. The summed E-state index contributed by atoms with van der Waals surface area (Å²) in [6, 6.07) is 8.85. The van der Waals surface area contributed by atoms with Crippen molar-refractivity contribution in [3.63, 3.8) is 0 Å². The molecule has 2 unspecified atom stereocenters. The van der Waals surface area contributed by atoms with Crippen molar-refractivity contribution in [3.05, 3.63) is 30.1 Å². The molecule has 2 aromatic rings. The summed E-state index contributed by atoms with van der Waals surface area (Å²) in [5.41, 5.74) is 2.40. The number of imidazole rings is 1. The molecule has 0 spiro atoms. The van der Waals surface area contributed by atoms with Crippen molar-refractivity contribution >= 4 is 11.0 Å². The number of nitrogens with one attached hydrogen (secondary N) is 1. The van der Waals surface area contributed by atoms with Gasteiger partial charge in [-0.3, -0.25) is 0 Å². The minimum absolute atomic E-state index is 0.0459. The van der Waals surface area contributed by atoms with Crippen molar-refractivity contribution in [3.8, 4) is 0 Å². The molecule has 1 aromatic carbocycles. The molecule has 0 radical (unpaired) electrons. The van der Waals surface area contributed by atoms with Gasteiger partial charge in [-0.25, -0.2) is 4.98 Å². The minimum atomic E-state index is 0.0459. The van der Waals surface area contributed by atoms with E-state index in [9.17, 15) is 0 Å². The summed E-state index contributed by atoms with van der Waals surface area (Å²) in [6.07, 6.45) is 2.55. The second-order valence-corrected chi connectivity index (χ2v) is 7.02. The number of fused-ring (bicyclic) bond motifs is 1. The first-order chi connectivity index (χ1) is 9.48. The van der Waals surface area contributed by atoms with E-state index in [1.807, 2.05) is 0 Å². The molecule has 1 fully saturated rings. The van der Waals surface area contributed by atoms with Crippen LogP contribution in [-0.4, -0.2) is 16.1 Å². The maximum Gasteiger partial charge on any atom is 0.127 e. The van der Waals surface area contributed by atoms with Crippen LogP contribution in [0, 0.1) is 5.92 Å². The normalized spacial score (nSPS) is 24.2. The highest BCUT2D eigenvalue weighted by Gasteiger charge is 2.30. The standard InChI is InChI=1S/C17H25N3/c1-12-8-7-11-18-15(12)16-19-13-9-5-6-10-14(13)20(16)17(2,3)4/h5-6,9-10,12,15,18H,7-8,11H2,1-4H3. The number of hydrogen-bond donors (Lipinski definition) is 1. The van der Waals surface area contributed by atoms with Crippen LogP contribution in [0.5, 0.6) is 0 Å². The predicted octanol–water partition coefficient (Wildman–Crippen LogP) is 3.85. The van der Waals surface area contributed by atoms with Crippen molar-refractivity contribution in [2.24, 2.45) is 5.92 Å². The molecule has 2 heterocycles. The number of hydrogen-bond acceptors (Lipinski definition) is 2. The number of piperidine rings is 1. The fourth-order valence-corrected chi connectivity index (χ4v) is 3.35. The van der Waals surface area contributed by atoms with Gasteiger partial charge in [0.25, 0.3) is 0 Å². The Morgan fingerprint density at radius 2 is 2.00 bits per heavy atom. The van der Waals surface area contributed by atoms with Crippen LogP contribution >= 0.6 is 0 Å². The Balaban J connectivity index is 2.19. The lowest BCUT2D eigenvalue weighted by atomic mass is 9.91. The van der Waals surface area contributed by atoms with Crippen LogP contribution in [-0.2, 0) is 5.54 Å². The molecule has 0 amide bonds. The molecule has 1 saturated heterocycles. The van der Waals surface area contributed by atoms with Gasteiger partial charge >= 0.3 is 0 Å². The number of benzene rings is 1. The largest absolute Gasteiger partial charge is 0.321 e.